The molecule has 0 aliphatic carbocycles. The number of halogens is 1. The third-order valence-corrected chi connectivity index (χ3v) is 5.81. The van der Waals surface area contributed by atoms with E-state index in [4.69, 9.17) is 9.47 Å². The standard InChI is InChI=1S/C31H25FN2O3/c1-2-36-29-20-23(15-18-28(29)37-21-22-13-16-25(32)17-14-22)19-27-30(24-9-5-3-6-10-24)33-34(31(27)35)26-11-7-4-8-12-26/h3-20H,2,21H2,1H3/b27-19-. The number of para-hydroxylation sites is 1. The van der Waals surface area contributed by atoms with Crippen molar-refractivity contribution in [2.45, 2.75) is 13.5 Å². The summed E-state index contributed by atoms with van der Waals surface area (Å²) in [6, 6.07) is 30.7. The van der Waals surface area contributed by atoms with Gasteiger partial charge in [-0.05, 0) is 60.5 Å². The van der Waals surface area contributed by atoms with Crippen molar-refractivity contribution in [1.29, 1.82) is 0 Å². The van der Waals surface area contributed by atoms with Crippen LogP contribution in [0.5, 0.6) is 11.5 Å². The molecule has 184 valence electrons. The van der Waals surface area contributed by atoms with Crippen LogP contribution in [0.3, 0.4) is 0 Å². The zero-order chi connectivity index (χ0) is 25.6. The van der Waals surface area contributed by atoms with E-state index in [-0.39, 0.29) is 18.3 Å². The minimum Gasteiger partial charge on any atom is -0.490 e. The Morgan fingerprint density at radius 2 is 1.54 bits per heavy atom. The second-order valence-electron chi connectivity index (χ2n) is 8.38. The number of amides is 1. The molecule has 1 amide bonds. The Hall–Kier alpha value is -4.71. The number of carbonyl (C=O) groups is 1. The number of hydrazone groups is 1. The van der Waals surface area contributed by atoms with Gasteiger partial charge in [0.25, 0.3) is 5.91 Å². The molecule has 37 heavy (non-hydrogen) atoms. The van der Waals surface area contributed by atoms with Crippen molar-refractivity contribution in [2.24, 2.45) is 5.10 Å². The molecule has 5 nitrogen and oxygen atoms in total. The zero-order valence-electron chi connectivity index (χ0n) is 20.3. The van der Waals surface area contributed by atoms with Crippen LogP contribution in [0.25, 0.3) is 6.08 Å². The molecule has 1 aliphatic rings. The molecular formula is C31H25FN2O3. The van der Waals surface area contributed by atoms with E-state index < -0.39 is 0 Å². The van der Waals surface area contributed by atoms with Gasteiger partial charge in [0, 0.05) is 5.56 Å². The van der Waals surface area contributed by atoms with Crippen molar-refractivity contribution in [3.8, 4) is 11.5 Å². The van der Waals surface area contributed by atoms with Crippen molar-refractivity contribution in [1.82, 2.24) is 0 Å². The molecular weight excluding hydrogens is 467 g/mol. The van der Waals surface area contributed by atoms with Crippen molar-refractivity contribution in [3.05, 3.63) is 131 Å². The summed E-state index contributed by atoms with van der Waals surface area (Å²) in [7, 11) is 0. The molecule has 0 spiro atoms. The smallest absolute Gasteiger partial charge is 0.281 e. The third kappa shape index (κ3) is 5.43. The van der Waals surface area contributed by atoms with E-state index in [1.165, 1.54) is 17.1 Å². The summed E-state index contributed by atoms with van der Waals surface area (Å²) in [5.41, 5.74) is 4.26. The maximum Gasteiger partial charge on any atom is 0.281 e. The van der Waals surface area contributed by atoms with Crippen LogP contribution in [0.15, 0.2) is 114 Å². The van der Waals surface area contributed by atoms with Crippen LogP contribution in [0, 0.1) is 5.82 Å². The molecule has 0 unspecified atom stereocenters. The van der Waals surface area contributed by atoms with Crippen LogP contribution in [0.1, 0.15) is 23.6 Å². The maximum atomic E-state index is 13.5. The highest BCUT2D eigenvalue weighted by Crippen LogP contribution is 2.32. The van der Waals surface area contributed by atoms with Gasteiger partial charge in [0.2, 0.25) is 0 Å². The first-order chi connectivity index (χ1) is 18.1. The summed E-state index contributed by atoms with van der Waals surface area (Å²) in [4.78, 5) is 13.5. The first-order valence-electron chi connectivity index (χ1n) is 12.0. The van der Waals surface area contributed by atoms with Gasteiger partial charge in [0.15, 0.2) is 11.5 Å². The van der Waals surface area contributed by atoms with Crippen molar-refractivity contribution in [3.63, 3.8) is 0 Å². The molecule has 0 N–H and O–H groups in total. The number of ether oxygens (including phenoxy) is 2. The van der Waals surface area contributed by atoms with Crippen LogP contribution in [-0.4, -0.2) is 18.2 Å². The second-order valence-corrected chi connectivity index (χ2v) is 8.38. The molecule has 4 aromatic rings. The topological polar surface area (TPSA) is 51.1 Å². The van der Waals surface area contributed by atoms with Crippen molar-refractivity contribution >= 4 is 23.4 Å². The number of carbonyl (C=O) groups excluding carboxylic acids is 1. The molecule has 0 aromatic heterocycles. The number of hydrogen-bond donors (Lipinski definition) is 0. The fourth-order valence-electron chi connectivity index (χ4n) is 4.01. The molecule has 1 aliphatic heterocycles. The largest absolute Gasteiger partial charge is 0.490 e. The van der Waals surface area contributed by atoms with E-state index >= 15 is 0 Å². The molecule has 0 saturated heterocycles. The molecule has 0 bridgehead atoms. The Morgan fingerprint density at radius 3 is 2.24 bits per heavy atom. The Bertz CT molecular complexity index is 1450. The molecule has 0 radical (unpaired) electrons. The first-order valence-corrected chi connectivity index (χ1v) is 12.0. The summed E-state index contributed by atoms with van der Waals surface area (Å²) in [5, 5.41) is 6.11. The molecule has 6 heteroatoms. The molecule has 1 heterocycles. The summed E-state index contributed by atoms with van der Waals surface area (Å²) in [6.45, 7) is 2.62. The Balaban J connectivity index is 1.47. The molecule has 0 fully saturated rings. The third-order valence-electron chi connectivity index (χ3n) is 5.81. The molecule has 5 rings (SSSR count). The zero-order valence-corrected chi connectivity index (χ0v) is 20.3. The Morgan fingerprint density at radius 1 is 0.838 bits per heavy atom. The van der Waals surface area contributed by atoms with E-state index in [0.717, 1.165) is 16.7 Å². The number of nitrogens with zero attached hydrogens (tertiary/aromatic N) is 2. The second kappa shape index (κ2) is 10.9. The predicted octanol–water partition coefficient (Wildman–Crippen LogP) is 6.64. The van der Waals surface area contributed by atoms with Crippen LogP contribution in [-0.2, 0) is 11.4 Å². The van der Waals surface area contributed by atoms with E-state index in [2.05, 4.69) is 5.10 Å². The molecule has 0 saturated carbocycles. The van der Waals surface area contributed by atoms with E-state index in [0.29, 0.717) is 35.1 Å². The summed E-state index contributed by atoms with van der Waals surface area (Å²) in [6.07, 6.45) is 1.82. The van der Waals surface area contributed by atoms with Gasteiger partial charge in [0.05, 0.1) is 17.9 Å². The molecule has 4 aromatic carbocycles. The van der Waals surface area contributed by atoms with Gasteiger partial charge in [-0.2, -0.15) is 10.1 Å². The highest BCUT2D eigenvalue weighted by Gasteiger charge is 2.32. The summed E-state index contributed by atoms with van der Waals surface area (Å²) in [5.74, 6) is 0.623. The van der Waals surface area contributed by atoms with E-state index in [1.54, 1.807) is 12.1 Å². The van der Waals surface area contributed by atoms with Gasteiger partial charge in [-0.15, -0.1) is 0 Å². The minimum atomic E-state index is -0.290. The first kappa shape index (κ1) is 24.0. The van der Waals surface area contributed by atoms with Crippen LogP contribution in [0.4, 0.5) is 10.1 Å². The monoisotopic (exact) mass is 492 g/mol. The van der Waals surface area contributed by atoms with E-state index in [1.807, 2.05) is 91.9 Å². The van der Waals surface area contributed by atoms with Gasteiger partial charge in [-0.1, -0.05) is 66.7 Å². The van der Waals surface area contributed by atoms with E-state index in [9.17, 15) is 9.18 Å². The number of hydrogen-bond acceptors (Lipinski definition) is 4. The number of benzene rings is 4. The Kier molecular flexibility index (Phi) is 7.08. The fourth-order valence-corrected chi connectivity index (χ4v) is 4.01. The lowest BCUT2D eigenvalue weighted by atomic mass is 10.00. The number of rotatable bonds is 8. The lowest BCUT2D eigenvalue weighted by molar-refractivity contribution is -0.114. The lowest BCUT2D eigenvalue weighted by Gasteiger charge is -2.13. The van der Waals surface area contributed by atoms with Gasteiger partial charge in [-0.3, -0.25) is 4.79 Å². The minimum absolute atomic E-state index is 0.209. The lowest BCUT2D eigenvalue weighted by Crippen LogP contribution is -2.21. The van der Waals surface area contributed by atoms with Crippen LogP contribution >= 0.6 is 0 Å². The van der Waals surface area contributed by atoms with Crippen molar-refractivity contribution in [2.75, 3.05) is 11.6 Å². The SMILES string of the molecule is CCOc1cc(/C=C2\C(=O)N(c3ccccc3)N=C2c2ccccc2)ccc1OCc1ccc(F)cc1. The van der Waals surface area contributed by atoms with Gasteiger partial charge >= 0.3 is 0 Å². The highest BCUT2D eigenvalue weighted by atomic mass is 19.1. The maximum absolute atomic E-state index is 13.5. The normalized spacial score (nSPS) is 14.1. The highest BCUT2D eigenvalue weighted by molar-refractivity contribution is 6.37. The number of anilines is 1. The van der Waals surface area contributed by atoms with Crippen molar-refractivity contribution < 1.29 is 18.7 Å². The van der Waals surface area contributed by atoms with Gasteiger partial charge in [0.1, 0.15) is 18.1 Å². The summed E-state index contributed by atoms with van der Waals surface area (Å²) < 4.78 is 25.0. The molecule has 0 atom stereocenters. The quantitative estimate of drug-likeness (QED) is 0.259. The van der Waals surface area contributed by atoms with Gasteiger partial charge < -0.3 is 9.47 Å². The summed E-state index contributed by atoms with van der Waals surface area (Å²) >= 11 is 0. The van der Waals surface area contributed by atoms with Crippen LogP contribution in [0.2, 0.25) is 0 Å². The van der Waals surface area contributed by atoms with Crippen LogP contribution < -0.4 is 14.5 Å². The Labute approximate surface area is 215 Å². The van der Waals surface area contributed by atoms with Gasteiger partial charge in [-0.25, -0.2) is 4.39 Å². The average Bonchev–Trinajstić information content (AvgIpc) is 3.26. The fraction of sp³-hybridized carbons (Fsp3) is 0.0968. The predicted molar refractivity (Wildman–Crippen MR) is 143 cm³/mol. The average molecular weight is 493 g/mol.